The Morgan fingerprint density at radius 3 is 2.33 bits per heavy atom. The maximum absolute atomic E-state index is 12.5. The SMILES string of the molecule is O=C(NCCc1ccc(C(F)(F)F)cc1)NCc1cccc(Cl)c1. The van der Waals surface area contributed by atoms with Gasteiger partial charge in [0.1, 0.15) is 0 Å². The lowest BCUT2D eigenvalue weighted by Crippen LogP contribution is -2.36. The van der Waals surface area contributed by atoms with Crippen LogP contribution in [-0.4, -0.2) is 12.6 Å². The van der Waals surface area contributed by atoms with Crippen LogP contribution in [0.2, 0.25) is 5.02 Å². The molecule has 7 heteroatoms. The van der Waals surface area contributed by atoms with Crippen LogP contribution in [0.3, 0.4) is 0 Å². The fourth-order valence-corrected chi connectivity index (χ4v) is 2.29. The molecule has 0 unspecified atom stereocenters. The predicted octanol–water partition coefficient (Wildman–Crippen LogP) is 4.40. The third-order valence-electron chi connectivity index (χ3n) is 3.32. The smallest absolute Gasteiger partial charge is 0.338 e. The van der Waals surface area contributed by atoms with Gasteiger partial charge in [0.2, 0.25) is 0 Å². The summed E-state index contributed by atoms with van der Waals surface area (Å²) in [6.45, 7) is 0.666. The molecule has 2 aromatic carbocycles. The van der Waals surface area contributed by atoms with E-state index >= 15 is 0 Å². The van der Waals surface area contributed by atoms with E-state index in [1.165, 1.54) is 12.1 Å². The fraction of sp³-hybridized carbons (Fsp3) is 0.235. The highest BCUT2D eigenvalue weighted by Crippen LogP contribution is 2.29. The Bertz CT molecular complexity index is 687. The number of alkyl halides is 3. The van der Waals surface area contributed by atoms with Gasteiger partial charge in [-0.1, -0.05) is 35.9 Å². The summed E-state index contributed by atoms with van der Waals surface area (Å²) in [5, 5.41) is 5.93. The fourth-order valence-electron chi connectivity index (χ4n) is 2.07. The highest BCUT2D eigenvalue weighted by Gasteiger charge is 2.29. The summed E-state index contributed by atoms with van der Waals surface area (Å²) in [6.07, 6.45) is -3.89. The zero-order valence-corrected chi connectivity index (χ0v) is 13.4. The first kappa shape index (κ1) is 18.1. The molecule has 0 bridgehead atoms. The Morgan fingerprint density at radius 2 is 1.71 bits per heavy atom. The molecule has 0 spiro atoms. The van der Waals surface area contributed by atoms with Gasteiger partial charge in [-0.25, -0.2) is 4.79 Å². The number of urea groups is 1. The van der Waals surface area contributed by atoms with E-state index in [0.29, 0.717) is 24.5 Å². The molecule has 0 aliphatic heterocycles. The van der Waals surface area contributed by atoms with Crippen molar-refractivity contribution < 1.29 is 18.0 Å². The van der Waals surface area contributed by atoms with E-state index in [0.717, 1.165) is 23.3 Å². The molecule has 0 saturated heterocycles. The third kappa shape index (κ3) is 5.77. The molecule has 0 atom stereocenters. The Morgan fingerprint density at radius 1 is 1.00 bits per heavy atom. The lowest BCUT2D eigenvalue weighted by atomic mass is 10.1. The number of nitrogens with one attached hydrogen (secondary N) is 2. The minimum atomic E-state index is -4.34. The van der Waals surface area contributed by atoms with E-state index in [2.05, 4.69) is 10.6 Å². The van der Waals surface area contributed by atoms with Crippen LogP contribution in [0.1, 0.15) is 16.7 Å². The molecular weight excluding hydrogens is 341 g/mol. The van der Waals surface area contributed by atoms with Gasteiger partial charge in [0, 0.05) is 18.1 Å². The quantitative estimate of drug-likeness (QED) is 0.819. The standard InChI is InChI=1S/C17H16ClF3N2O/c18-15-3-1-2-13(10-15)11-23-16(24)22-9-8-12-4-6-14(7-5-12)17(19,20)21/h1-7,10H,8-9,11H2,(H2,22,23,24). The lowest BCUT2D eigenvalue weighted by molar-refractivity contribution is -0.137. The molecule has 0 radical (unpaired) electrons. The molecule has 0 aliphatic rings. The van der Waals surface area contributed by atoms with Crippen molar-refractivity contribution in [3.63, 3.8) is 0 Å². The average molecular weight is 357 g/mol. The van der Waals surface area contributed by atoms with Gasteiger partial charge in [0.05, 0.1) is 5.56 Å². The highest BCUT2D eigenvalue weighted by atomic mass is 35.5. The van der Waals surface area contributed by atoms with Crippen molar-refractivity contribution in [1.29, 1.82) is 0 Å². The van der Waals surface area contributed by atoms with E-state index in [1.807, 2.05) is 6.07 Å². The van der Waals surface area contributed by atoms with Crippen LogP contribution in [-0.2, 0) is 19.1 Å². The summed E-state index contributed by atoms with van der Waals surface area (Å²) in [6, 6.07) is 11.7. The van der Waals surface area contributed by atoms with Gasteiger partial charge < -0.3 is 10.6 Å². The monoisotopic (exact) mass is 356 g/mol. The summed E-state index contributed by atoms with van der Waals surface area (Å²) in [4.78, 5) is 11.7. The summed E-state index contributed by atoms with van der Waals surface area (Å²) in [5.74, 6) is 0. The summed E-state index contributed by atoms with van der Waals surface area (Å²) in [7, 11) is 0. The van der Waals surface area contributed by atoms with Crippen molar-refractivity contribution in [2.45, 2.75) is 19.1 Å². The number of benzene rings is 2. The molecule has 2 amide bonds. The Hall–Kier alpha value is -2.21. The second-order valence-electron chi connectivity index (χ2n) is 5.18. The third-order valence-corrected chi connectivity index (χ3v) is 3.56. The molecule has 128 valence electrons. The minimum Gasteiger partial charge on any atom is -0.338 e. The van der Waals surface area contributed by atoms with Crippen LogP contribution in [0.25, 0.3) is 0 Å². The van der Waals surface area contributed by atoms with Crippen LogP contribution < -0.4 is 10.6 Å². The number of amides is 2. The van der Waals surface area contributed by atoms with Crippen molar-refractivity contribution in [3.8, 4) is 0 Å². The molecule has 2 N–H and O–H groups in total. The lowest BCUT2D eigenvalue weighted by Gasteiger charge is -2.09. The number of halogens is 4. The summed E-state index contributed by atoms with van der Waals surface area (Å²) >= 11 is 5.85. The van der Waals surface area contributed by atoms with Crippen molar-refractivity contribution in [1.82, 2.24) is 10.6 Å². The molecular formula is C17H16ClF3N2O. The van der Waals surface area contributed by atoms with Crippen LogP contribution in [0, 0.1) is 0 Å². The molecule has 3 nitrogen and oxygen atoms in total. The van der Waals surface area contributed by atoms with Crippen molar-refractivity contribution >= 4 is 17.6 Å². The molecule has 0 saturated carbocycles. The van der Waals surface area contributed by atoms with Gasteiger partial charge >= 0.3 is 12.2 Å². The van der Waals surface area contributed by atoms with E-state index in [1.54, 1.807) is 18.2 Å². The van der Waals surface area contributed by atoms with E-state index in [-0.39, 0.29) is 6.03 Å². The zero-order valence-electron chi connectivity index (χ0n) is 12.7. The predicted molar refractivity (Wildman–Crippen MR) is 86.8 cm³/mol. The first-order chi connectivity index (χ1) is 11.3. The van der Waals surface area contributed by atoms with Crippen LogP contribution in [0.4, 0.5) is 18.0 Å². The van der Waals surface area contributed by atoms with Crippen molar-refractivity contribution in [2.75, 3.05) is 6.54 Å². The number of carbonyl (C=O) groups excluding carboxylic acids is 1. The van der Waals surface area contributed by atoms with E-state index in [9.17, 15) is 18.0 Å². The topological polar surface area (TPSA) is 41.1 Å². The van der Waals surface area contributed by atoms with Crippen LogP contribution in [0.5, 0.6) is 0 Å². The van der Waals surface area contributed by atoms with Gasteiger partial charge in [0.15, 0.2) is 0 Å². The number of hydrogen-bond acceptors (Lipinski definition) is 1. The largest absolute Gasteiger partial charge is 0.416 e. The number of carbonyl (C=O) groups is 1. The first-order valence-electron chi connectivity index (χ1n) is 7.27. The van der Waals surface area contributed by atoms with E-state index < -0.39 is 11.7 Å². The van der Waals surface area contributed by atoms with Crippen molar-refractivity contribution in [2.24, 2.45) is 0 Å². The molecule has 0 aliphatic carbocycles. The van der Waals surface area contributed by atoms with Gasteiger partial charge in [-0.2, -0.15) is 13.2 Å². The van der Waals surface area contributed by atoms with E-state index in [4.69, 9.17) is 11.6 Å². The second kappa shape index (κ2) is 8.06. The Kier molecular flexibility index (Phi) is 6.09. The van der Waals surface area contributed by atoms with Crippen LogP contribution >= 0.6 is 11.6 Å². The van der Waals surface area contributed by atoms with Gasteiger partial charge in [-0.05, 0) is 41.8 Å². The maximum Gasteiger partial charge on any atom is 0.416 e. The average Bonchev–Trinajstić information content (AvgIpc) is 2.53. The number of rotatable bonds is 5. The molecule has 2 aromatic rings. The highest BCUT2D eigenvalue weighted by molar-refractivity contribution is 6.30. The van der Waals surface area contributed by atoms with Crippen LogP contribution in [0.15, 0.2) is 48.5 Å². The second-order valence-corrected chi connectivity index (χ2v) is 5.62. The first-order valence-corrected chi connectivity index (χ1v) is 7.64. The molecule has 0 aromatic heterocycles. The Balaban J connectivity index is 1.72. The minimum absolute atomic E-state index is 0.326. The molecule has 0 heterocycles. The van der Waals surface area contributed by atoms with Gasteiger partial charge in [-0.3, -0.25) is 0 Å². The zero-order chi connectivity index (χ0) is 17.6. The summed E-state index contributed by atoms with van der Waals surface area (Å²) in [5.41, 5.74) is 0.914. The summed E-state index contributed by atoms with van der Waals surface area (Å²) < 4.78 is 37.4. The molecule has 2 rings (SSSR count). The maximum atomic E-state index is 12.5. The number of hydrogen-bond donors (Lipinski definition) is 2. The molecule has 24 heavy (non-hydrogen) atoms. The Labute approximate surface area is 142 Å². The normalized spacial score (nSPS) is 11.2. The van der Waals surface area contributed by atoms with Gasteiger partial charge in [-0.15, -0.1) is 0 Å². The van der Waals surface area contributed by atoms with Crippen molar-refractivity contribution in [3.05, 3.63) is 70.2 Å². The van der Waals surface area contributed by atoms with Gasteiger partial charge in [0.25, 0.3) is 0 Å². The molecule has 0 fully saturated rings.